The lowest BCUT2D eigenvalue weighted by molar-refractivity contribution is -0.117. The molecule has 4 aromatic rings. The number of nitrogens with two attached hydrogens (primary N) is 2. The first-order valence-corrected chi connectivity index (χ1v) is 11.2. The zero-order chi connectivity index (χ0) is 21.5. The number of amides is 1. The van der Waals surface area contributed by atoms with Gasteiger partial charge in [0.05, 0.1) is 39.1 Å². The van der Waals surface area contributed by atoms with Gasteiger partial charge in [-0.25, -0.2) is 23.4 Å². The number of carbonyl (C=O) groups is 1. The van der Waals surface area contributed by atoms with Crippen LogP contribution in [-0.4, -0.2) is 29.3 Å². The molecule has 8 nitrogen and oxygen atoms in total. The Kier molecular flexibility index (Phi) is 4.96. The maximum absolute atomic E-state index is 12.9. The third-order valence-electron chi connectivity index (χ3n) is 4.53. The molecule has 1 amide bonds. The summed E-state index contributed by atoms with van der Waals surface area (Å²) in [5, 5.41) is 0.283. The van der Waals surface area contributed by atoms with Crippen LogP contribution in [0.25, 0.3) is 21.5 Å². The summed E-state index contributed by atoms with van der Waals surface area (Å²) in [5.41, 5.74) is 14.0. The van der Waals surface area contributed by atoms with Gasteiger partial charge in [0.25, 0.3) is 5.16 Å². The fraction of sp³-hybridized carbons (Fsp3) is 0.100. The standard InChI is InChI=1S/C20H17N5O3S2/c1-11-13(7-8-15-18(11)24-17(29-15)9-16(22)26)19-14(21)10-23-20(25-19)30(27,28)12-5-3-2-4-6-12/h2-8,10H,9,21H2,1H3,(H2,22,26). The van der Waals surface area contributed by atoms with E-state index in [1.165, 1.54) is 29.7 Å². The second kappa shape index (κ2) is 7.47. The van der Waals surface area contributed by atoms with Crippen molar-refractivity contribution in [2.45, 2.75) is 23.4 Å². The van der Waals surface area contributed by atoms with E-state index in [1.54, 1.807) is 18.2 Å². The molecule has 0 atom stereocenters. The fourth-order valence-corrected chi connectivity index (χ4v) is 5.24. The van der Waals surface area contributed by atoms with Crippen LogP contribution in [0, 0.1) is 6.92 Å². The first-order chi connectivity index (χ1) is 14.3. The van der Waals surface area contributed by atoms with E-state index in [4.69, 9.17) is 11.5 Å². The van der Waals surface area contributed by atoms with E-state index in [-0.39, 0.29) is 22.2 Å². The largest absolute Gasteiger partial charge is 0.396 e. The van der Waals surface area contributed by atoms with Gasteiger partial charge in [0, 0.05) is 5.56 Å². The molecule has 0 fully saturated rings. The Bertz CT molecular complexity index is 1380. The fourth-order valence-electron chi connectivity index (χ4n) is 3.08. The molecular formula is C20H17N5O3S2. The van der Waals surface area contributed by atoms with Crippen LogP contribution in [0.2, 0.25) is 0 Å². The number of carbonyl (C=O) groups excluding carboxylic acids is 1. The zero-order valence-electron chi connectivity index (χ0n) is 15.9. The minimum absolute atomic E-state index is 0.0588. The SMILES string of the molecule is Cc1c(-c2nc(S(=O)(=O)c3ccccc3)ncc2N)ccc2sc(CC(N)=O)nc12. The topological polar surface area (TPSA) is 142 Å². The Morgan fingerprint density at radius 2 is 1.83 bits per heavy atom. The predicted molar refractivity (Wildman–Crippen MR) is 115 cm³/mol. The number of benzene rings is 2. The predicted octanol–water partition coefficient (Wildman–Crippen LogP) is 2.50. The number of aryl methyl sites for hydroxylation is 1. The number of anilines is 1. The van der Waals surface area contributed by atoms with Crippen LogP contribution < -0.4 is 11.5 Å². The molecule has 0 aliphatic heterocycles. The number of rotatable bonds is 5. The monoisotopic (exact) mass is 439 g/mol. The van der Waals surface area contributed by atoms with Crippen LogP contribution in [0.5, 0.6) is 0 Å². The third kappa shape index (κ3) is 3.51. The lowest BCUT2D eigenvalue weighted by Gasteiger charge is -2.10. The van der Waals surface area contributed by atoms with Crippen molar-refractivity contribution in [3.8, 4) is 11.3 Å². The molecule has 0 spiro atoms. The van der Waals surface area contributed by atoms with Crippen LogP contribution in [0.4, 0.5) is 5.69 Å². The van der Waals surface area contributed by atoms with Crippen LogP contribution in [0.15, 0.2) is 58.7 Å². The van der Waals surface area contributed by atoms with E-state index in [9.17, 15) is 13.2 Å². The summed E-state index contributed by atoms with van der Waals surface area (Å²) in [4.78, 5) is 24.1. The van der Waals surface area contributed by atoms with Gasteiger partial charge in [0.15, 0.2) is 0 Å². The Balaban J connectivity index is 1.85. The van der Waals surface area contributed by atoms with Crippen molar-refractivity contribution in [2.75, 3.05) is 5.73 Å². The van der Waals surface area contributed by atoms with Crippen LogP contribution in [0.3, 0.4) is 0 Å². The van der Waals surface area contributed by atoms with E-state index in [0.29, 0.717) is 21.8 Å². The maximum atomic E-state index is 12.9. The summed E-state index contributed by atoms with van der Waals surface area (Å²) >= 11 is 1.38. The molecule has 0 unspecified atom stereocenters. The molecule has 152 valence electrons. The summed E-state index contributed by atoms with van der Waals surface area (Å²) < 4.78 is 26.7. The molecule has 0 radical (unpaired) electrons. The highest BCUT2D eigenvalue weighted by Crippen LogP contribution is 2.34. The van der Waals surface area contributed by atoms with Crippen molar-refractivity contribution in [1.29, 1.82) is 0 Å². The molecule has 0 aliphatic rings. The molecule has 0 saturated carbocycles. The Morgan fingerprint density at radius 3 is 2.53 bits per heavy atom. The van der Waals surface area contributed by atoms with Gasteiger partial charge in [-0.05, 0) is 30.7 Å². The van der Waals surface area contributed by atoms with Crippen molar-refractivity contribution < 1.29 is 13.2 Å². The van der Waals surface area contributed by atoms with Gasteiger partial charge in [-0.3, -0.25) is 4.79 Å². The van der Waals surface area contributed by atoms with Gasteiger partial charge < -0.3 is 11.5 Å². The van der Waals surface area contributed by atoms with Crippen molar-refractivity contribution in [3.05, 3.63) is 59.2 Å². The second-order valence-corrected chi connectivity index (χ2v) is 9.57. The quantitative estimate of drug-likeness (QED) is 0.455. The minimum atomic E-state index is -3.89. The van der Waals surface area contributed by atoms with Crippen LogP contribution >= 0.6 is 11.3 Å². The molecule has 2 heterocycles. The summed E-state index contributed by atoms with van der Waals surface area (Å²) in [6.07, 6.45) is 1.35. The Hall–Kier alpha value is -3.37. The Labute approximate surface area is 176 Å². The van der Waals surface area contributed by atoms with Crippen molar-refractivity contribution in [2.24, 2.45) is 5.73 Å². The number of hydrogen-bond acceptors (Lipinski definition) is 8. The van der Waals surface area contributed by atoms with E-state index in [0.717, 1.165) is 10.3 Å². The number of sulfone groups is 1. The van der Waals surface area contributed by atoms with Gasteiger partial charge in [-0.1, -0.05) is 24.3 Å². The first kappa shape index (κ1) is 19.9. The number of fused-ring (bicyclic) bond motifs is 1. The van der Waals surface area contributed by atoms with Crippen LogP contribution in [0.1, 0.15) is 10.6 Å². The van der Waals surface area contributed by atoms with Crippen LogP contribution in [-0.2, 0) is 21.1 Å². The van der Waals surface area contributed by atoms with E-state index in [1.807, 2.05) is 19.1 Å². The molecule has 4 N–H and O–H groups in total. The van der Waals surface area contributed by atoms with Gasteiger partial charge >= 0.3 is 0 Å². The van der Waals surface area contributed by atoms with Crippen molar-refractivity contribution in [3.63, 3.8) is 0 Å². The highest BCUT2D eigenvalue weighted by molar-refractivity contribution is 7.91. The molecule has 2 aromatic heterocycles. The minimum Gasteiger partial charge on any atom is -0.396 e. The number of aromatic nitrogens is 3. The lowest BCUT2D eigenvalue weighted by Crippen LogP contribution is -2.13. The highest BCUT2D eigenvalue weighted by Gasteiger charge is 2.23. The highest BCUT2D eigenvalue weighted by atomic mass is 32.2. The summed E-state index contributed by atoms with van der Waals surface area (Å²) in [5.74, 6) is -0.456. The van der Waals surface area contributed by atoms with Gasteiger partial charge in [0.2, 0.25) is 15.7 Å². The molecule has 4 rings (SSSR count). The van der Waals surface area contributed by atoms with E-state index >= 15 is 0 Å². The van der Waals surface area contributed by atoms with Gasteiger partial charge in [-0.15, -0.1) is 11.3 Å². The molecule has 10 heteroatoms. The molecule has 2 aromatic carbocycles. The van der Waals surface area contributed by atoms with E-state index < -0.39 is 15.7 Å². The van der Waals surface area contributed by atoms with Gasteiger partial charge in [0.1, 0.15) is 5.01 Å². The van der Waals surface area contributed by atoms with Gasteiger partial charge in [-0.2, -0.15) is 0 Å². The number of hydrogen-bond donors (Lipinski definition) is 2. The third-order valence-corrected chi connectivity index (χ3v) is 7.12. The summed E-state index contributed by atoms with van der Waals surface area (Å²) in [6.45, 7) is 1.85. The number of nitrogens with zero attached hydrogens (tertiary/aromatic N) is 3. The maximum Gasteiger partial charge on any atom is 0.252 e. The molecule has 0 bridgehead atoms. The second-order valence-electron chi connectivity index (χ2n) is 6.61. The molecule has 0 saturated heterocycles. The van der Waals surface area contributed by atoms with Crippen molar-refractivity contribution in [1.82, 2.24) is 15.0 Å². The lowest BCUT2D eigenvalue weighted by atomic mass is 10.0. The number of nitrogen functional groups attached to an aromatic ring is 1. The Morgan fingerprint density at radius 1 is 1.10 bits per heavy atom. The van der Waals surface area contributed by atoms with E-state index in [2.05, 4.69) is 15.0 Å². The molecule has 0 aliphatic carbocycles. The summed E-state index contributed by atoms with van der Waals surface area (Å²) in [6, 6.07) is 11.6. The molecular weight excluding hydrogens is 422 g/mol. The normalized spacial score (nSPS) is 11.6. The smallest absolute Gasteiger partial charge is 0.252 e. The zero-order valence-corrected chi connectivity index (χ0v) is 17.5. The number of thiazole rings is 1. The van der Waals surface area contributed by atoms with Crippen molar-refractivity contribution >= 4 is 43.0 Å². The summed E-state index contributed by atoms with van der Waals surface area (Å²) in [7, 11) is -3.89. The first-order valence-electron chi connectivity index (χ1n) is 8.87. The average Bonchev–Trinajstić information content (AvgIpc) is 3.12. The average molecular weight is 440 g/mol. The number of primary amides is 1. The molecule has 30 heavy (non-hydrogen) atoms.